The number of carbonyl (C=O) groups excluding carboxylic acids is 2. The number of anilines is 1. The molecule has 0 radical (unpaired) electrons. The first-order valence-corrected chi connectivity index (χ1v) is 9.19. The van der Waals surface area contributed by atoms with Gasteiger partial charge in [0.2, 0.25) is 18.6 Å². The van der Waals surface area contributed by atoms with Crippen LogP contribution in [0.4, 0.5) is 5.69 Å². The number of nitrogens with zero attached hydrogens (tertiary/aromatic N) is 1. The highest BCUT2D eigenvalue weighted by molar-refractivity contribution is 6.30. The molecule has 4 rings (SSSR count). The molecule has 6 nitrogen and oxygen atoms in total. The second-order valence-electron chi connectivity index (χ2n) is 6.68. The van der Waals surface area contributed by atoms with Crippen LogP contribution in [-0.4, -0.2) is 36.6 Å². The molecule has 2 aromatic rings. The van der Waals surface area contributed by atoms with Crippen LogP contribution in [0.3, 0.4) is 0 Å². The Hall–Kier alpha value is -2.73. The van der Waals surface area contributed by atoms with Gasteiger partial charge in [0.1, 0.15) is 0 Å². The number of carbonyl (C=O) groups is 2. The maximum Gasteiger partial charge on any atom is 0.231 e. The first kappa shape index (κ1) is 17.7. The van der Waals surface area contributed by atoms with E-state index in [1.807, 2.05) is 24.3 Å². The van der Waals surface area contributed by atoms with Crippen LogP contribution < -0.4 is 14.8 Å². The average Bonchev–Trinajstić information content (AvgIpc) is 3.26. The van der Waals surface area contributed by atoms with Crippen molar-refractivity contribution in [3.05, 3.63) is 53.1 Å². The van der Waals surface area contributed by atoms with Gasteiger partial charge in [0.05, 0.1) is 5.92 Å². The second kappa shape index (κ2) is 7.48. The molecule has 2 aliphatic heterocycles. The number of hydrogen-bond acceptors (Lipinski definition) is 4. The Morgan fingerprint density at radius 3 is 2.89 bits per heavy atom. The number of benzene rings is 2. The molecule has 2 heterocycles. The Morgan fingerprint density at radius 1 is 1.19 bits per heavy atom. The number of ether oxygens (including phenoxy) is 2. The van der Waals surface area contributed by atoms with E-state index in [9.17, 15) is 9.59 Å². The van der Waals surface area contributed by atoms with Crippen molar-refractivity contribution in [2.75, 3.05) is 25.2 Å². The zero-order valence-corrected chi connectivity index (χ0v) is 15.4. The Balaban J connectivity index is 1.33. The van der Waals surface area contributed by atoms with E-state index >= 15 is 0 Å². The normalized spacial score (nSPS) is 18.0. The van der Waals surface area contributed by atoms with Crippen molar-refractivity contribution < 1.29 is 19.1 Å². The summed E-state index contributed by atoms with van der Waals surface area (Å²) in [5.74, 6) is 0.757. The molecule has 1 unspecified atom stereocenters. The Bertz CT molecular complexity index is 886. The number of hydrogen-bond donors (Lipinski definition) is 1. The van der Waals surface area contributed by atoms with Gasteiger partial charge in [-0.1, -0.05) is 23.7 Å². The predicted octanol–water partition coefficient (Wildman–Crippen LogP) is 3.10. The van der Waals surface area contributed by atoms with Crippen LogP contribution in [0.1, 0.15) is 12.0 Å². The first-order chi connectivity index (χ1) is 13.1. The molecule has 0 aliphatic carbocycles. The zero-order valence-electron chi connectivity index (χ0n) is 14.6. The molecule has 1 atom stereocenters. The molecule has 2 aromatic carbocycles. The van der Waals surface area contributed by atoms with Crippen molar-refractivity contribution in [3.63, 3.8) is 0 Å². The Morgan fingerprint density at radius 2 is 2.04 bits per heavy atom. The maximum absolute atomic E-state index is 12.5. The Labute approximate surface area is 162 Å². The summed E-state index contributed by atoms with van der Waals surface area (Å²) in [6.07, 6.45) is 0.939. The van der Waals surface area contributed by atoms with Crippen molar-refractivity contribution >= 4 is 29.1 Å². The molecule has 1 N–H and O–H groups in total. The lowest BCUT2D eigenvalue weighted by Gasteiger charge is -2.16. The minimum atomic E-state index is -0.359. The van der Waals surface area contributed by atoms with Gasteiger partial charge < -0.3 is 19.7 Å². The van der Waals surface area contributed by atoms with E-state index in [0.717, 1.165) is 5.56 Å². The third-order valence-corrected chi connectivity index (χ3v) is 5.02. The lowest BCUT2D eigenvalue weighted by Crippen LogP contribution is -2.30. The largest absolute Gasteiger partial charge is 0.454 e. The van der Waals surface area contributed by atoms with Gasteiger partial charge in [-0.05, 0) is 36.2 Å². The summed E-state index contributed by atoms with van der Waals surface area (Å²) in [6, 6.07) is 12.8. The number of likely N-dealkylation sites (tertiary alicyclic amines) is 1. The number of amides is 2. The third-order valence-electron chi connectivity index (χ3n) is 4.78. The number of nitrogens with one attached hydrogen (secondary N) is 1. The van der Waals surface area contributed by atoms with Crippen molar-refractivity contribution in [3.8, 4) is 11.5 Å². The van der Waals surface area contributed by atoms with Crippen LogP contribution >= 0.6 is 11.6 Å². The summed E-state index contributed by atoms with van der Waals surface area (Å²) in [5.41, 5.74) is 1.71. The van der Waals surface area contributed by atoms with Crippen LogP contribution in [0.15, 0.2) is 42.5 Å². The predicted molar refractivity (Wildman–Crippen MR) is 101 cm³/mol. The van der Waals surface area contributed by atoms with Crippen LogP contribution in [0, 0.1) is 5.92 Å². The van der Waals surface area contributed by atoms with Gasteiger partial charge in [-0.2, -0.15) is 0 Å². The second-order valence-corrected chi connectivity index (χ2v) is 7.11. The highest BCUT2D eigenvalue weighted by atomic mass is 35.5. The molecule has 140 valence electrons. The van der Waals surface area contributed by atoms with E-state index in [0.29, 0.717) is 41.7 Å². The topological polar surface area (TPSA) is 67.9 Å². The summed E-state index contributed by atoms with van der Waals surface area (Å²) < 4.78 is 10.6. The number of fused-ring (bicyclic) bond motifs is 1. The molecule has 1 fully saturated rings. The summed E-state index contributed by atoms with van der Waals surface area (Å²) in [4.78, 5) is 26.6. The molecule has 27 heavy (non-hydrogen) atoms. The van der Waals surface area contributed by atoms with E-state index < -0.39 is 0 Å². The van der Waals surface area contributed by atoms with Crippen molar-refractivity contribution in [1.29, 1.82) is 0 Å². The van der Waals surface area contributed by atoms with Gasteiger partial charge in [0, 0.05) is 36.3 Å². The molecule has 0 spiro atoms. The molecule has 1 saturated heterocycles. The summed E-state index contributed by atoms with van der Waals surface area (Å²) in [5, 5.41) is 3.55. The smallest absolute Gasteiger partial charge is 0.231 e. The molecule has 7 heteroatoms. The number of rotatable bonds is 5. The van der Waals surface area contributed by atoms with Crippen molar-refractivity contribution in [2.24, 2.45) is 5.92 Å². The average molecular weight is 387 g/mol. The third kappa shape index (κ3) is 4.01. The van der Waals surface area contributed by atoms with Crippen LogP contribution in [-0.2, 0) is 16.0 Å². The quantitative estimate of drug-likeness (QED) is 0.857. The lowest BCUT2D eigenvalue weighted by atomic mass is 10.1. The van der Waals surface area contributed by atoms with Gasteiger partial charge in [0.15, 0.2) is 11.5 Å². The fourth-order valence-electron chi connectivity index (χ4n) is 3.34. The zero-order chi connectivity index (χ0) is 18.8. The maximum atomic E-state index is 12.5. The standard InChI is InChI=1S/C20H19ClN2O4/c21-15-3-1-2-13(8-15)6-7-23-11-14(9-19(23)24)20(25)22-16-4-5-17-18(10-16)27-12-26-17/h1-5,8,10,14H,6-7,9,11-12H2,(H,22,25). The minimum Gasteiger partial charge on any atom is -0.454 e. The van der Waals surface area contributed by atoms with E-state index in [1.165, 1.54) is 0 Å². The van der Waals surface area contributed by atoms with Crippen molar-refractivity contribution in [1.82, 2.24) is 4.90 Å². The van der Waals surface area contributed by atoms with Gasteiger partial charge in [0.25, 0.3) is 0 Å². The van der Waals surface area contributed by atoms with E-state index in [1.54, 1.807) is 23.1 Å². The van der Waals surface area contributed by atoms with Gasteiger partial charge in [-0.15, -0.1) is 0 Å². The lowest BCUT2D eigenvalue weighted by molar-refractivity contribution is -0.128. The summed E-state index contributed by atoms with van der Waals surface area (Å²) in [6.45, 7) is 1.19. The van der Waals surface area contributed by atoms with Crippen LogP contribution in [0.2, 0.25) is 5.02 Å². The van der Waals surface area contributed by atoms with Gasteiger partial charge in [-0.3, -0.25) is 9.59 Å². The van der Waals surface area contributed by atoms with Crippen LogP contribution in [0.25, 0.3) is 0 Å². The van der Waals surface area contributed by atoms with E-state index in [4.69, 9.17) is 21.1 Å². The molecule has 0 bridgehead atoms. The van der Waals surface area contributed by atoms with Gasteiger partial charge in [-0.25, -0.2) is 0 Å². The minimum absolute atomic E-state index is 0.00265. The fraction of sp³-hybridized carbons (Fsp3) is 0.300. The van der Waals surface area contributed by atoms with Crippen molar-refractivity contribution in [2.45, 2.75) is 12.8 Å². The van der Waals surface area contributed by atoms with Gasteiger partial charge >= 0.3 is 0 Å². The highest BCUT2D eigenvalue weighted by Crippen LogP contribution is 2.34. The monoisotopic (exact) mass is 386 g/mol. The summed E-state index contributed by atoms with van der Waals surface area (Å²) >= 11 is 6.00. The molecule has 2 amide bonds. The molecule has 2 aliphatic rings. The van der Waals surface area contributed by atoms with E-state index in [2.05, 4.69) is 5.32 Å². The van der Waals surface area contributed by atoms with E-state index in [-0.39, 0.29) is 30.9 Å². The van der Waals surface area contributed by atoms with Crippen LogP contribution in [0.5, 0.6) is 11.5 Å². The molecule has 0 saturated carbocycles. The molecular weight excluding hydrogens is 368 g/mol. The highest BCUT2D eigenvalue weighted by Gasteiger charge is 2.34. The summed E-state index contributed by atoms with van der Waals surface area (Å²) in [7, 11) is 0. The SMILES string of the molecule is O=C(Nc1ccc2c(c1)OCO2)C1CC(=O)N(CCc2cccc(Cl)c2)C1. The fourth-order valence-corrected chi connectivity index (χ4v) is 3.55. The number of halogens is 1. The molecule has 0 aromatic heterocycles. The first-order valence-electron chi connectivity index (χ1n) is 8.81. The Kier molecular flexibility index (Phi) is 4.90. The molecular formula is C20H19ClN2O4.